The summed E-state index contributed by atoms with van der Waals surface area (Å²) in [6, 6.07) is 0. The number of carbonyl (C=O) groups is 1. The average Bonchev–Trinajstić information content (AvgIpc) is 3.27. The van der Waals surface area contributed by atoms with Crippen molar-refractivity contribution < 1.29 is 9.53 Å². The van der Waals surface area contributed by atoms with Gasteiger partial charge < -0.3 is 21.1 Å². The molecule has 8 atom stereocenters. The van der Waals surface area contributed by atoms with E-state index < -0.39 is 0 Å². The fraction of sp³-hybridized carbons (Fsp3) is 0.914. The lowest BCUT2D eigenvalue weighted by molar-refractivity contribution is -0.150. The van der Waals surface area contributed by atoms with Gasteiger partial charge in [0.15, 0.2) is 0 Å². The van der Waals surface area contributed by atoms with Gasteiger partial charge in [-0.1, -0.05) is 65.5 Å². The van der Waals surface area contributed by atoms with Crippen LogP contribution < -0.4 is 16.4 Å². The Morgan fingerprint density at radius 2 is 1.75 bits per heavy atom. The van der Waals surface area contributed by atoms with Gasteiger partial charge in [0.05, 0.1) is 6.54 Å². The molecule has 0 spiro atoms. The Morgan fingerprint density at radius 1 is 0.975 bits per heavy atom. The van der Waals surface area contributed by atoms with Crippen LogP contribution in [0, 0.1) is 46.3 Å². The molecule has 40 heavy (non-hydrogen) atoms. The third kappa shape index (κ3) is 7.35. The van der Waals surface area contributed by atoms with Crippen molar-refractivity contribution in [1.82, 2.24) is 10.6 Å². The van der Waals surface area contributed by atoms with Gasteiger partial charge >= 0.3 is 5.97 Å². The van der Waals surface area contributed by atoms with Crippen LogP contribution in [-0.2, 0) is 9.53 Å². The standard InChI is InChI=1S/C35H63N3O2/c1-25(2)9-8-10-26(3)30-13-14-31-29-12-11-27-23-28(15-17-34(27,4)32(29)16-18-35(30,31)5)40-33(39)24-38-21-7-6-20-37-22-19-36/h11,25-26,28-32,37-38H,6-10,12-24,36H2,1-5H3/t26-,28?,29?,30-,31?,32?,34+,35-/m1/s1. The lowest BCUT2D eigenvalue weighted by Gasteiger charge is -2.58. The SMILES string of the molecule is CC(C)CCC[C@@H](C)[C@H]1CCC2C3CC=C4CC(OC(=O)CNCCCCNCCN)CC[C@]4(C)C3CC[C@@]21C. The first-order valence-corrected chi connectivity index (χ1v) is 17.2. The molecule has 4 aliphatic rings. The second-order valence-corrected chi connectivity index (χ2v) is 15.1. The summed E-state index contributed by atoms with van der Waals surface area (Å²) in [7, 11) is 0. The molecule has 5 heteroatoms. The Hall–Kier alpha value is -0.910. The van der Waals surface area contributed by atoms with Gasteiger partial charge in [-0.2, -0.15) is 0 Å². The van der Waals surface area contributed by atoms with E-state index in [4.69, 9.17) is 10.5 Å². The smallest absolute Gasteiger partial charge is 0.320 e. The quantitative estimate of drug-likeness (QED) is 0.117. The molecule has 4 N–H and O–H groups in total. The average molecular weight is 558 g/mol. The van der Waals surface area contributed by atoms with Crippen molar-refractivity contribution in [2.75, 3.05) is 32.7 Å². The highest BCUT2D eigenvalue weighted by atomic mass is 16.5. The van der Waals surface area contributed by atoms with Crippen LogP contribution in [0.5, 0.6) is 0 Å². The Labute approximate surface area is 246 Å². The molecular formula is C35H63N3O2. The lowest BCUT2D eigenvalue weighted by atomic mass is 9.47. The Kier molecular flexibility index (Phi) is 11.6. The molecule has 4 aliphatic carbocycles. The van der Waals surface area contributed by atoms with E-state index in [1.54, 1.807) is 5.57 Å². The van der Waals surface area contributed by atoms with Crippen LogP contribution in [0.4, 0.5) is 0 Å². The molecule has 0 amide bonds. The van der Waals surface area contributed by atoms with Crippen molar-refractivity contribution in [3.63, 3.8) is 0 Å². The molecular weight excluding hydrogens is 494 g/mol. The molecule has 5 nitrogen and oxygen atoms in total. The molecule has 230 valence electrons. The third-order valence-corrected chi connectivity index (χ3v) is 12.1. The van der Waals surface area contributed by atoms with E-state index in [2.05, 4.69) is 51.3 Å². The monoisotopic (exact) mass is 557 g/mol. The highest BCUT2D eigenvalue weighted by Crippen LogP contribution is 2.67. The number of rotatable bonds is 15. The molecule has 0 heterocycles. The van der Waals surface area contributed by atoms with Gasteiger partial charge in [-0.3, -0.25) is 4.79 Å². The van der Waals surface area contributed by atoms with Crippen LogP contribution in [0.1, 0.15) is 118 Å². The summed E-state index contributed by atoms with van der Waals surface area (Å²) >= 11 is 0. The Morgan fingerprint density at radius 3 is 2.50 bits per heavy atom. The number of carbonyl (C=O) groups excluding carboxylic acids is 1. The summed E-state index contributed by atoms with van der Waals surface area (Å²) in [6.07, 6.45) is 19.2. The van der Waals surface area contributed by atoms with Gasteiger partial charge in [-0.05, 0) is 117 Å². The first-order chi connectivity index (χ1) is 19.2. The molecule has 0 aliphatic heterocycles. The molecule has 3 fully saturated rings. The van der Waals surface area contributed by atoms with Crippen molar-refractivity contribution >= 4 is 5.97 Å². The topological polar surface area (TPSA) is 76.4 Å². The minimum Gasteiger partial charge on any atom is -0.461 e. The molecule has 4 unspecified atom stereocenters. The van der Waals surface area contributed by atoms with Crippen LogP contribution in [0.3, 0.4) is 0 Å². The summed E-state index contributed by atoms with van der Waals surface area (Å²) in [5.41, 5.74) is 7.96. The van der Waals surface area contributed by atoms with Gasteiger partial charge in [-0.15, -0.1) is 0 Å². The van der Waals surface area contributed by atoms with E-state index >= 15 is 0 Å². The maximum Gasteiger partial charge on any atom is 0.320 e. The lowest BCUT2D eigenvalue weighted by Crippen LogP contribution is -2.51. The van der Waals surface area contributed by atoms with Crippen molar-refractivity contribution in [2.24, 2.45) is 52.1 Å². The maximum atomic E-state index is 12.6. The van der Waals surface area contributed by atoms with Gasteiger partial charge in [0.25, 0.3) is 0 Å². The first-order valence-electron chi connectivity index (χ1n) is 17.2. The van der Waals surface area contributed by atoms with Gasteiger partial charge in [0.2, 0.25) is 0 Å². The maximum absolute atomic E-state index is 12.6. The predicted molar refractivity (Wildman–Crippen MR) is 167 cm³/mol. The molecule has 0 saturated heterocycles. The number of ether oxygens (including phenoxy) is 1. The normalized spacial score (nSPS) is 36.0. The fourth-order valence-corrected chi connectivity index (χ4v) is 9.90. The van der Waals surface area contributed by atoms with Crippen molar-refractivity contribution in [3.8, 4) is 0 Å². The zero-order chi connectivity index (χ0) is 28.8. The van der Waals surface area contributed by atoms with E-state index in [0.29, 0.717) is 23.9 Å². The van der Waals surface area contributed by atoms with E-state index in [1.165, 1.54) is 57.8 Å². The molecule has 0 aromatic heterocycles. The van der Waals surface area contributed by atoms with E-state index in [1.807, 2.05) is 0 Å². The number of hydrogen-bond donors (Lipinski definition) is 3. The molecule has 4 rings (SSSR count). The largest absolute Gasteiger partial charge is 0.461 e. The number of unbranched alkanes of at least 4 members (excludes halogenated alkanes) is 1. The van der Waals surface area contributed by atoms with Crippen LogP contribution in [-0.4, -0.2) is 44.8 Å². The number of fused-ring (bicyclic) bond motifs is 5. The molecule has 0 aromatic carbocycles. The second-order valence-electron chi connectivity index (χ2n) is 15.1. The number of allylic oxidation sites excluding steroid dienone is 1. The van der Waals surface area contributed by atoms with E-state index in [-0.39, 0.29) is 12.1 Å². The van der Waals surface area contributed by atoms with Crippen molar-refractivity contribution in [3.05, 3.63) is 11.6 Å². The minimum atomic E-state index is -0.0860. The van der Waals surface area contributed by atoms with Crippen LogP contribution in [0.25, 0.3) is 0 Å². The zero-order valence-corrected chi connectivity index (χ0v) is 26.7. The molecule has 0 bridgehead atoms. The number of esters is 1. The highest BCUT2D eigenvalue weighted by Gasteiger charge is 2.59. The number of nitrogens with two attached hydrogens (primary N) is 1. The summed E-state index contributed by atoms with van der Waals surface area (Å²) in [4.78, 5) is 12.6. The molecule has 0 radical (unpaired) electrons. The first kappa shape index (κ1) is 32.0. The third-order valence-electron chi connectivity index (χ3n) is 12.1. The number of hydrogen-bond acceptors (Lipinski definition) is 5. The molecule has 3 saturated carbocycles. The predicted octanol–water partition coefficient (Wildman–Crippen LogP) is 6.86. The fourth-order valence-electron chi connectivity index (χ4n) is 9.90. The Balaban J connectivity index is 1.26. The van der Waals surface area contributed by atoms with Crippen molar-refractivity contribution in [2.45, 2.75) is 124 Å². The van der Waals surface area contributed by atoms with E-state index in [0.717, 1.165) is 80.8 Å². The van der Waals surface area contributed by atoms with E-state index in [9.17, 15) is 4.79 Å². The zero-order valence-electron chi connectivity index (χ0n) is 26.7. The minimum absolute atomic E-state index is 0.0574. The van der Waals surface area contributed by atoms with Gasteiger partial charge in [0.1, 0.15) is 6.10 Å². The summed E-state index contributed by atoms with van der Waals surface area (Å²) in [5.74, 6) is 5.10. The van der Waals surface area contributed by atoms with Crippen LogP contribution >= 0.6 is 0 Å². The second kappa shape index (κ2) is 14.5. The highest BCUT2D eigenvalue weighted by molar-refractivity contribution is 5.71. The summed E-state index contributed by atoms with van der Waals surface area (Å²) in [6.45, 7) is 16.3. The summed E-state index contributed by atoms with van der Waals surface area (Å²) < 4.78 is 5.99. The summed E-state index contributed by atoms with van der Waals surface area (Å²) in [5, 5.41) is 6.59. The van der Waals surface area contributed by atoms with Crippen LogP contribution in [0.2, 0.25) is 0 Å². The Bertz CT molecular complexity index is 842. The van der Waals surface area contributed by atoms with Crippen molar-refractivity contribution in [1.29, 1.82) is 0 Å². The molecule has 0 aromatic rings. The number of nitrogens with one attached hydrogen (secondary N) is 2. The van der Waals surface area contributed by atoms with Crippen LogP contribution in [0.15, 0.2) is 11.6 Å². The van der Waals surface area contributed by atoms with Gasteiger partial charge in [0, 0.05) is 19.5 Å². The van der Waals surface area contributed by atoms with Gasteiger partial charge in [-0.25, -0.2) is 0 Å².